The molecule has 0 saturated heterocycles. The molecule has 1 heterocycles. The summed E-state index contributed by atoms with van der Waals surface area (Å²) in [5, 5.41) is 3.24. The van der Waals surface area contributed by atoms with Crippen LogP contribution >= 0.6 is 11.3 Å². The SMILES string of the molecule is Cc1ccccc1-c1ccccc1C(=O)Nc1nc(C(F)(F)F)cs1. The molecule has 0 fully saturated rings. The highest BCUT2D eigenvalue weighted by Gasteiger charge is 2.34. The normalized spacial score (nSPS) is 11.4. The highest BCUT2D eigenvalue weighted by Crippen LogP contribution is 2.32. The van der Waals surface area contributed by atoms with Crippen molar-refractivity contribution in [3.8, 4) is 11.1 Å². The van der Waals surface area contributed by atoms with Gasteiger partial charge >= 0.3 is 6.18 Å². The molecule has 0 unspecified atom stereocenters. The second-order valence-electron chi connectivity index (χ2n) is 5.35. The maximum atomic E-state index is 12.6. The number of rotatable bonds is 3. The molecule has 0 bridgehead atoms. The third-order valence-corrected chi connectivity index (χ3v) is 4.38. The Morgan fingerprint density at radius 1 is 1.04 bits per heavy atom. The first kappa shape index (κ1) is 17.2. The van der Waals surface area contributed by atoms with E-state index < -0.39 is 17.8 Å². The molecule has 7 heteroatoms. The Kier molecular flexibility index (Phi) is 4.59. The summed E-state index contributed by atoms with van der Waals surface area (Å²) in [6.07, 6.45) is -4.53. The van der Waals surface area contributed by atoms with Gasteiger partial charge in [-0.1, -0.05) is 42.5 Å². The van der Waals surface area contributed by atoms with E-state index in [-0.39, 0.29) is 5.13 Å². The summed E-state index contributed by atoms with van der Waals surface area (Å²) in [5.41, 5.74) is 1.96. The number of amides is 1. The largest absolute Gasteiger partial charge is 0.434 e. The predicted octanol–water partition coefficient (Wildman–Crippen LogP) is 5.39. The molecule has 0 saturated carbocycles. The van der Waals surface area contributed by atoms with Crippen LogP contribution in [-0.4, -0.2) is 10.9 Å². The van der Waals surface area contributed by atoms with Crippen molar-refractivity contribution in [2.24, 2.45) is 0 Å². The monoisotopic (exact) mass is 362 g/mol. The number of hydrogen-bond donors (Lipinski definition) is 1. The van der Waals surface area contributed by atoms with Gasteiger partial charge in [0.15, 0.2) is 10.8 Å². The minimum Gasteiger partial charge on any atom is -0.298 e. The third kappa shape index (κ3) is 3.71. The Labute approximate surface area is 146 Å². The second-order valence-corrected chi connectivity index (χ2v) is 6.21. The number of benzene rings is 2. The molecule has 0 aliphatic rings. The maximum absolute atomic E-state index is 12.6. The van der Waals surface area contributed by atoms with Crippen LogP contribution in [0.3, 0.4) is 0 Å². The van der Waals surface area contributed by atoms with Crippen LogP contribution in [0.1, 0.15) is 21.6 Å². The zero-order chi connectivity index (χ0) is 18.0. The van der Waals surface area contributed by atoms with Gasteiger partial charge in [-0.2, -0.15) is 13.2 Å². The van der Waals surface area contributed by atoms with Crippen molar-refractivity contribution >= 4 is 22.4 Å². The van der Waals surface area contributed by atoms with Crippen LogP contribution in [-0.2, 0) is 6.18 Å². The van der Waals surface area contributed by atoms with Crippen LogP contribution in [0.5, 0.6) is 0 Å². The van der Waals surface area contributed by atoms with E-state index in [1.807, 2.05) is 37.3 Å². The van der Waals surface area contributed by atoms with Gasteiger partial charge in [0.25, 0.3) is 5.91 Å². The number of aromatic nitrogens is 1. The Morgan fingerprint density at radius 2 is 1.68 bits per heavy atom. The van der Waals surface area contributed by atoms with E-state index in [9.17, 15) is 18.0 Å². The molecule has 0 radical (unpaired) electrons. The lowest BCUT2D eigenvalue weighted by Gasteiger charge is -2.11. The molecular weight excluding hydrogens is 349 g/mol. The average molecular weight is 362 g/mol. The Balaban J connectivity index is 1.91. The number of hydrogen-bond acceptors (Lipinski definition) is 3. The van der Waals surface area contributed by atoms with Gasteiger partial charge in [-0.15, -0.1) is 11.3 Å². The zero-order valence-electron chi connectivity index (χ0n) is 13.1. The third-order valence-electron chi connectivity index (χ3n) is 3.62. The number of nitrogens with one attached hydrogen (secondary N) is 1. The minimum atomic E-state index is -4.53. The van der Waals surface area contributed by atoms with Crippen molar-refractivity contribution in [1.29, 1.82) is 0 Å². The van der Waals surface area contributed by atoms with Gasteiger partial charge in [0, 0.05) is 10.9 Å². The van der Waals surface area contributed by atoms with Crippen LogP contribution in [0, 0.1) is 6.92 Å². The smallest absolute Gasteiger partial charge is 0.298 e. The number of nitrogens with zero attached hydrogens (tertiary/aromatic N) is 1. The second kappa shape index (κ2) is 6.68. The average Bonchev–Trinajstić information content (AvgIpc) is 3.04. The molecule has 1 aromatic heterocycles. The molecule has 1 N–H and O–H groups in total. The lowest BCUT2D eigenvalue weighted by Crippen LogP contribution is -2.14. The molecule has 0 aliphatic carbocycles. The van der Waals surface area contributed by atoms with Gasteiger partial charge in [0.1, 0.15) is 0 Å². The standard InChI is InChI=1S/C18H13F3N2OS/c1-11-6-2-3-7-12(11)13-8-4-5-9-14(13)16(24)23-17-22-15(10-25-17)18(19,20)21/h2-10H,1H3,(H,22,23,24). The highest BCUT2D eigenvalue weighted by molar-refractivity contribution is 7.14. The fraction of sp³-hybridized carbons (Fsp3) is 0.111. The molecule has 2 aromatic carbocycles. The first-order valence-electron chi connectivity index (χ1n) is 7.35. The maximum Gasteiger partial charge on any atom is 0.434 e. The molecule has 25 heavy (non-hydrogen) atoms. The Morgan fingerprint density at radius 3 is 2.32 bits per heavy atom. The summed E-state index contributed by atoms with van der Waals surface area (Å²) in [6, 6.07) is 14.6. The van der Waals surface area contributed by atoms with E-state index in [0.29, 0.717) is 11.1 Å². The van der Waals surface area contributed by atoms with Crippen molar-refractivity contribution in [3.63, 3.8) is 0 Å². The van der Waals surface area contributed by atoms with E-state index in [4.69, 9.17) is 0 Å². The van der Waals surface area contributed by atoms with Gasteiger partial charge in [0.05, 0.1) is 0 Å². The number of anilines is 1. The van der Waals surface area contributed by atoms with Gasteiger partial charge < -0.3 is 0 Å². The van der Waals surface area contributed by atoms with E-state index in [2.05, 4.69) is 10.3 Å². The first-order chi connectivity index (χ1) is 11.9. The Hall–Kier alpha value is -2.67. The minimum absolute atomic E-state index is 0.0862. The summed E-state index contributed by atoms with van der Waals surface area (Å²) in [6.45, 7) is 1.93. The molecule has 128 valence electrons. The molecule has 3 nitrogen and oxygen atoms in total. The zero-order valence-corrected chi connectivity index (χ0v) is 13.9. The molecule has 0 atom stereocenters. The van der Waals surface area contributed by atoms with Crippen LogP contribution in [0.15, 0.2) is 53.9 Å². The van der Waals surface area contributed by atoms with Crippen molar-refractivity contribution < 1.29 is 18.0 Å². The summed E-state index contributed by atoms with van der Waals surface area (Å²) in [7, 11) is 0. The number of carbonyl (C=O) groups excluding carboxylic acids is 1. The molecule has 0 aliphatic heterocycles. The number of carbonyl (C=O) groups is 1. The van der Waals surface area contributed by atoms with Crippen molar-refractivity contribution in [2.75, 3.05) is 5.32 Å². The molecule has 1 amide bonds. The van der Waals surface area contributed by atoms with E-state index in [0.717, 1.165) is 27.8 Å². The van der Waals surface area contributed by atoms with Crippen molar-refractivity contribution in [3.05, 3.63) is 70.7 Å². The predicted molar refractivity (Wildman–Crippen MR) is 91.7 cm³/mol. The summed E-state index contributed by atoms with van der Waals surface area (Å²) in [4.78, 5) is 16.0. The van der Waals surface area contributed by atoms with E-state index in [1.165, 1.54) is 0 Å². The molecule has 3 rings (SSSR count). The van der Waals surface area contributed by atoms with Gasteiger partial charge in [-0.05, 0) is 29.7 Å². The highest BCUT2D eigenvalue weighted by atomic mass is 32.1. The number of aryl methyl sites for hydroxylation is 1. The fourth-order valence-corrected chi connectivity index (χ4v) is 3.13. The van der Waals surface area contributed by atoms with Crippen LogP contribution < -0.4 is 5.32 Å². The van der Waals surface area contributed by atoms with Crippen LogP contribution in [0.4, 0.5) is 18.3 Å². The number of alkyl halides is 3. The van der Waals surface area contributed by atoms with Gasteiger partial charge in [-0.3, -0.25) is 10.1 Å². The first-order valence-corrected chi connectivity index (χ1v) is 8.23. The summed E-state index contributed by atoms with van der Waals surface area (Å²) < 4.78 is 37.9. The number of halogens is 3. The molecule has 3 aromatic rings. The van der Waals surface area contributed by atoms with Crippen molar-refractivity contribution in [2.45, 2.75) is 13.1 Å². The van der Waals surface area contributed by atoms with Crippen LogP contribution in [0.25, 0.3) is 11.1 Å². The quantitative estimate of drug-likeness (QED) is 0.679. The molecule has 0 spiro atoms. The topological polar surface area (TPSA) is 42.0 Å². The summed E-state index contributed by atoms with van der Waals surface area (Å²) >= 11 is 0.741. The van der Waals surface area contributed by atoms with Gasteiger partial charge in [0.2, 0.25) is 0 Å². The lowest BCUT2D eigenvalue weighted by atomic mass is 9.96. The lowest BCUT2D eigenvalue weighted by molar-refractivity contribution is -0.140. The van der Waals surface area contributed by atoms with Crippen molar-refractivity contribution in [1.82, 2.24) is 4.98 Å². The van der Waals surface area contributed by atoms with E-state index in [1.54, 1.807) is 18.2 Å². The number of thiazole rings is 1. The van der Waals surface area contributed by atoms with Gasteiger partial charge in [-0.25, -0.2) is 4.98 Å². The summed E-state index contributed by atoms with van der Waals surface area (Å²) in [5.74, 6) is -0.498. The fourth-order valence-electron chi connectivity index (χ4n) is 2.42. The van der Waals surface area contributed by atoms with E-state index >= 15 is 0 Å². The molecular formula is C18H13F3N2OS. The van der Waals surface area contributed by atoms with Crippen LogP contribution in [0.2, 0.25) is 0 Å². The Bertz CT molecular complexity index is 918.